The minimum absolute atomic E-state index is 0.0397. The van der Waals surface area contributed by atoms with E-state index in [1.165, 1.54) is 19.3 Å². The van der Waals surface area contributed by atoms with E-state index in [9.17, 15) is 9.59 Å². The number of hydrogen-bond donors (Lipinski definition) is 2. The molecule has 0 radical (unpaired) electrons. The molecule has 6 nitrogen and oxygen atoms in total. The smallest absolute Gasteiger partial charge is 0.317 e. The van der Waals surface area contributed by atoms with Crippen molar-refractivity contribution in [2.24, 2.45) is 5.92 Å². The van der Waals surface area contributed by atoms with Gasteiger partial charge in [-0.2, -0.15) is 0 Å². The van der Waals surface area contributed by atoms with Crippen LogP contribution in [0.4, 0.5) is 4.79 Å². The second-order valence-electron chi connectivity index (χ2n) is 6.19. The van der Waals surface area contributed by atoms with Gasteiger partial charge in [0.15, 0.2) is 0 Å². The molecular weight excluding hydrogens is 270 g/mol. The topological polar surface area (TPSA) is 72.9 Å². The van der Waals surface area contributed by atoms with Gasteiger partial charge in [-0.1, -0.05) is 6.42 Å². The molecule has 0 spiro atoms. The van der Waals surface area contributed by atoms with E-state index in [-0.39, 0.29) is 18.4 Å². The number of carbonyl (C=O) groups is 2. The first kappa shape index (κ1) is 16.1. The number of carbonyl (C=O) groups excluding carboxylic acids is 1. The Morgan fingerprint density at radius 2 is 1.86 bits per heavy atom. The molecule has 0 saturated carbocycles. The normalized spacial score (nSPS) is 23.8. The van der Waals surface area contributed by atoms with Crippen molar-refractivity contribution < 1.29 is 14.7 Å². The van der Waals surface area contributed by atoms with Crippen LogP contribution < -0.4 is 5.32 Å². The number of nitrogens with one attached hydrogen (secondary N) is 1. The molecule has 0 aromatic rings. The highest BCUT2D eigenvalue weighted by Gasteiger charge is 2.25. The van der Waals surface area contributed by atoms with Crippen molar-refractivity contribution in [2.75, 3.05) is 39.3 Å². The number of hydrogen-bond acceptors (Lipinski definition) is 3. The lowest BCUT2D eigenvalue weighted by molar-refractivity contribution is -0.138. The monoisotopic (exact) mass is 297 g/mol. The first-order valence-electron chi connectivity index (χ1n) is 8.12. The van der Waals surface area contributed by atoms with Gasteiger partial charge in [-0.25, -0.2) is 4.79 Å². The molecular formula is C15H27N3O3. The average molecular weight is 297 g/mol. The Morgan fingerprint density at radius 1 is 1.10 bits per heavy atom. The summed E-state index contributed by atoms with van der Waals surface area (Å²) >= 11 is 0. The molecule has 0 aromatic carbocycles. The number of aliphatic carboxylic acids is 1. The van der Waals surface area contributed by atoms with Crippen LogP contribution in [0.2, 0.25) is 0 Å². The Bertz CT molecular complexity index is 356. The summed E-state index contributed by atoms with van der Waals surface area (Å²) < 4.78 is 0. The minimum Gasteiger partial charge on any atom is -0.481 e. The van der Waals surface area contributed by atoms with Gasteiger partial charge in [-0.15, -0.1) is 0 Å². The summed E-state index contributed by atoms with van der Waals surface area (Å²) in [7, 11) is 0. The van der Waals surface area contributed by atoms with E-state index < -0.39 is 5.97 Å². The van der Waals surface area contributed by atoms with Gasteiger partial charge in [-0.05, 0) is 44.7 Å². The van der Waals surface area contributed by atoms with Gasteiger partial charge >= 0.3 is 12.0 Å². The van der Waals surface area contributed by atoms with Crippen LogP contribution in [-0.2, 0) is 4.79 Å². The molecule has 0 aromatic heterocycles. The first-order chi connectivity index (χ1) is 10.1. The average Bonchev–Trinajstić information content (AvgIpc) is 2.48. The number of urea groups is 1. The van der Waals surface area contributed by atoms with Crippen LogP contribution in [0, 0.1) is 5.92 Å². The summed E-state index contributed by atoms with van der Waals surface area (Å²) in [6.07, 6.45) is 5.81. The van der Waals surface area contributed by atoms with E-state index in [4.69, 9.17) is 5.11 Å². The summed E-state index contributed by atoms with van der Waals surface area (Å²) in [6.45, 7) is 5.19. The second kappa shape index (κ2) is 8.22. The number of carboxylic acid groups (broad SMARTS) is 1. The fourth-order valence-electron chi connectivity index (χ4n) is 3.28. The molecule has 2 saturated heterocycles. The van der Waals surface area contributed by atoms with Crippen LogP contribution in [0.15, 0.2) is 0 Å². The number of rotatable bonds is 5. The van der Waals surface area contributed by atoms with Gasteiger partial charge in [0.05, 0.1) is 0 Å². The van der Waals surface area contributed by atoms with Crippen molar-refractivity contribution in [2.45, 2.75) is 38.5 Å². The summed E-state index contributed by atoms with van der Waals surface area (Å²) in [4.78, 5) is 27.1. The third-order valence-electron chi connectivity index (χ3n) is 4.42. The molecule has 1 unspecified atom stereocenters. The fraction of sp³-hybridized carbons (Fsp3) is 0.867. The van der Waals surface area contributed by atoms with Gasteiger partial charge in [0.25, 0.3) is 0 Å². The number of nitrogens with zero attached hydrogens (tertiary/aromatic N) is 2. The zero-order valence-corrected chi connectivity index (χ0v) is 12.7. The quantitative estimate of drug-likeness (QED) is 0.804. The van der Waals surface area contributed by atoms with Gasteiger partial charge in [0.2, 0.25) is 0 Å². The molecule has 2 aliphatic heterocycles. The van der Waals surface area contributed by atoms with E-state index in [2.05, 4.69) is 10.2 Å². The molecule has 2 aliphatic rings. The number of piperidine rings is 2. The predicted molar refractivity (Wildman–Crippen MR) is 80.2 cm³/mol. The zero-order chi connectivity index (χ0) is 15.1. The number of likely N-dealkylation sites (tertiary alicyclic amines) is 2. The van der Waals surface area contributed by atoms with Crippen molar-refractivity contribution in [1.29, 1.82) is 0 Å². The van der Waals surface area contributed by atoms with Gasteiger partial charge in [0, 0.05) is 32.6 Å². The highest BCUT2D eigenvalue weighted by molar-refractivity contribution is 5.74. The molecule has 2 heterocycles. The summed E-state index contributed by atoms with van der Waals surface area (Å²) in [5, 5.41) is 11.8. The first-order valence-corrected chi connectivity index (χ1v) is 8.12. The maximum atomic E-state index is 12.1. The molecule has 0 bridgehead atoms. The SMILES string of the molecule is O=C(O)CC1CCCN(C(=O)NCCN2CCCCC2)C1. The van der Waals surface area contributed by atoms with Gasteiger partial charge < -0.3 is 20.2 Å². The molecule has 1 atom stereocenters. The Hall–Kier alpha value is -1.30. The molecule has 2 rings (SSSR count). The molecule has 0 aliphatic carbocycles. The molecule has 2 N–H and O–H groups in total. The van der Waals surface area contributed by atoms with Crippen LogP contribution in [0.5, 0.6) is 0 Å². The third-order valence-corrected chi connectivity index (χ3v) is 4.42. The van der Waals surface area contributed by atoms with Crippen LogP contribution in [0.1, 0.15) is 38.5 Å². The molecule has 21 heavy (non-hydrogen) atoms. The summed E-state index contributed by atoms with van der Waals surface area (Å²) in [6, 6.07) is -0.0397. The van der Waals surface area contributed by atoms with Crippen molar-refractivity contribution >= 4 is 12.0 Å². The fourth-order valence-corrected chi connectivity index (χ4v) is 3.28. The van der Waals surface area contributed by atoms with E-state index in [0.717, 1.165) is 39.0 Å². The highest BCUT2D eigenvalue weighted by Crippen LogP contribution is 2.19. The van der Waals surface area contributed by atoms with E-state index in [1.54, 1.807) is 4.90 Å². The Kier molecular flexibility index (Phi) is 6.29. The summed E-state index contributed by atoms with van der Waals surface area (Å²) in [5.74, 6) is -0.670. The molecule has 2 amide bonds. The van der Waals surface area contributed by atoms with Crippen molar-refractivity contribution in [3.05, 3.63) is 0 Å². The van der Waals surface area contributed by atoms with Gasteiger partial charge in [0.1, 0.15) is 0 Å². The summed E-state index contributed by atoms with van der Waals surface area (Å²) in [5.41, 5.74) is 0. The predicted octanol–water partition coefficient (Wildman–Crippen LogP) is 1.37. The lowest BCUT2D eigenvalue weighted by atomic mass is 9.95. The van der Waals surface area contributed by atoms with Crippen molar-refractivity contribution in [3.8, 4) is 0 Å². The molecule has 6 heteroatoms. The maximum Gasteiger partial charge on any atom is 0.317 e. The van der Waals surface area contributed by atoms with Crippen LogP contribution in [0.3, 0.4) is 0 Å². The van der Waals surface area contributed by atoms with Gasteiger partial charge in [-0.3, -0.25) is 4.79 Å². The van der Waals surface area contributed by atoms with Crippen LogP contribution in [0.25, 0.3) is 0 Å². The minimum atomic E-state index is -0.771. The third kappa shape index (κ3) is 5.53. The van der Waals surface area contributed by atoms with Crippen molar-refractivity contribution in [1.82, 2.24) is 15.1 Å². The molecule has 120 valence electrons. The zero-order valence-electron chi connectivity index (χ0n) is 12.7. The number of amides is 2. The lowest BCUT2D eigenvalue weighted by Crippen LogP contribution is -2.47. The number of carboxylic acids is 1. The second-order valence-corrected chi connectivity index (χ2v) is 6.19. The van der Waals surface area contributed by atoms with E-state index in [0.29, 0.717) is 13.1 Å². The van der Waals surface area contributed by atoms with Crippen molar-refractivity contribution in [3.63, 3.8) is 0 Å². The Labute approximate surface area is 126 Å². The van der Waals surface area contributed by atoms with E-state index in [1.807, 2.05) is 0 Å². The molecule has 2 fully saturated rings. The lowest BCUT2D eigenvalue weighted by Gasteiger charge is -2.32. The maximum absolute atomic E-state index is 12.1. The Morgan fingerprint density at radius 3 is 2.57 bits per heavy atom. The Balaban J connectivity index is 1.66. The highest BCUT2D eigenvalue weighted by atomic mass is 16.4. The van der Waals surface area contributed by atoms with E-state index >= 15 is 0 Å². The standard InChI is InChI=1S/C15H27N3O3/c19-14(20)11-13-5-4-9-18(12-13)15(21)16-6-10-17-7-2-1-3-8-17/h13H,1-12H2,(H,16,21)(H,19,20). The van der Waals surface area contributed by atoms with Crippen LogP contribution in [-0.4, -0.2) is 66.2 Å². The van der Waals surface area contributed by atoms with Crippen LogP contribution >= 0.6 is 0 Å². The largest absolute Gasteiger partial charge is 0.481 e.